The first-order valence-electron chi connectivity index (χ1n) is 7.40. The van der Waals surface area contributed by atoms with E-state index in [9.17, 15) is 19.8 Å². The topological polar surface area (TPSA) is 77.8 Å². The molecule has 5 nitrogen and oxygen atoms in total. The molecule has 0 saturated heterocycles. The van der Waals surface area contributed by atoms with Crippen LogP contribution in [0.5, 0.6) is 5.75 Å². The number of aromatic hydroxyl groups is 1. The number of nitrogens with zero attached hydrogens (tertiary/aromatic N) is 1. The van der Waals surface area contributed by atoms with E-state index in [1.807, 2.05) is 6.07 Å². The van der Waals surface area contributed by atoms with Gasteiger partial charge in [0.25, 0.3) is 0 Å². The summed E-state index contributed by atoms with van der Waals surface area (Å²) in [6, 6.07) is 14.1. The van der Waals surface area contributed by atoms with Crippen molar-refractivity contribution < 1.29 is 19.8 Å². The second-order valence-electron chi connectivity index (χ2n) is 5.18. The summed E-state index contributed by atoms with van der Waals surface area (Å²) in [5, 5.41) is 19.0. The molecule has 0 fully saturated rings. The summed E-state index contributed by atoms with van der Waals surface area (Å²) in [6.07, 6.45) is 0.379. The van der Waals surface area contributed by atoms with Gasteiger partial charge in [-0.1, -0.05) is 37.3 Å². The Morgan fingerprint density at radius 1 is 1.04 bits per heavy atom. The quantitative estimate of drug-likeness (QED) is 0.859. The molecule has 0 aliphatic carbocycles. The first kappa shape index (κ1) is 16.5. The molecule has 2 aromatic carbocycles. The Morgan fingerprint density at radius 2 is 1.65 bits per heavy atom. The van der Waals surface area contributed by atoms with Crippen LogP contribution < -0.4 is 4.90 Å². The largest absolute Gasteiger partial charge is 0.508 e. The molecule has 23 heavy (non-hydrogen) atoms. The lowest BCUT2D eigenvalue weighted by Gasteiger charge is -2.29. The summed E-state index contributed by atoms with van der Waals surface area (Å²) in [5.41, 5.74) is 1.30. The lowest BCUT2D eigenvalue weighted by Crippen LogP contribution is -2.46. The van der Waals surface area contributed by atoms with E-state index in [0.717, 1.165) is 5.56 Å². The van der Waals surface area contributed by atoms with Crippen LogP contribution in [0, 0.1) is 0 Å². The number of amides is 1. The molecule has 120 valence electrons. The molecular weight excluding hydrogens is 294 g/mol. The highest BCUT2D eigenvalue weighted by Gasteiger charge is 2.30. The number of phenols is 1. The van der Waals surface area contributed by atoms with Crippen molar-refractivity contribution in [2.45, 2.75) is 25.8 Å². The Balaban J connectivity index is 2.36. The molecule has 2 aromatic rings. The fourth-order valence-electron chi connectivity index (χ4n) is 2.40. The fourth-order valence-corrected chi connectivity index (χ4v) is 2.40. The zero-order valence-electron chi connectivity index (χ0n) is 12.8. The number of benzene rings is 2. The van der Waals surface area contributed by atoms with E-state index < -0.39 is 12.0 Å². The molecule has 0 radical (unpaired) electrons. The predicted octanol–water partition coefficient (Wildman–Crippen LogP) is 2.83. The van der Waals surface area contributed by atoms with Crippen LogP contribution in [0.15, 0.2) is 54.6 Å². The maximum Gasteiger partial charge on any atom is 0.327 e. The van der Waals surface area contributed by atoms with Crippen LogP contribution in [0.25, 0.3) is 0 Å². The second kappa shape index (κ2) is 7.45. The average molecular weight is 313 g/mol. The van der Waals surface area contributed by atoms with E-state index >= 15 is 0 Å². The van der Waals surface area contributed by atoms with E-state index in [4.69, 9.17) is 0 Å². The number of hydrogen-bond acceptors (Lipinski definition) is 3. The van der Waals surface area contributed by atoms with Crippen molar-refractivity contribution in [2.75, 3.05) is 4.90 Å². The first-order valence-corrected chi connectivity index (χ1v) is 7.40. The monoisotopic (exact) mass is 313 g/mol. The SMILES string of the molecule is CCC(=O)N(c1ccccc1)C(Cc1ccc(O)cc1)C(=O)O. The Bertz CT molecular complexity index is 667. The van der Waals surface area contributed by atoms with Gasteiger partial charge in [0.05, 0.1) is 0 Å². The van der Waals surface area contributed by atoms with Crippen LogP contribution >= 0.6 is 0 Å². The van der Waals surface area contributed by atoms with E-state index in [0.29, 0.717) is 5.69 Å². The molecule has 5 heteroatoms. The van der Waals surface area contributed by atoms with Gasteiger partial charge in [-0.2, -0.15) is 0 Å². The summed E-state index contributed by atoms with van der Waals surface area (Å²) < 4.78 is 0. The fraction of sp³-hybridized carbons (Fsp3) is 0.222. The highest BCUT2D eigenvalue weighted by atomic mass is 16.4. The minimum atomic E-state index is -1.07. The van der Waals surface area contributed by atoms with Crippen LogP contribution in [0.1, 0.15) is 18.9 Å². The summed E-state index contributed by atoms with van der Waals surface area (Å²) in [7, 11) is 0. The molecule has 1 atom stereocenters. The maximum atomic E-state index is 12.3. The van der Waals surface area contributed by atoms with Gasteiger partial charge in [-0.05, 0) is 29.8 Å². The molecular formula is C18H19NO4. The van der Waals surface area contributed by atoms with Crippen molar-refractivity contribution in [1.29, 1.82) is 0 Å². The minimum absolute atomic E-state index is 0.116. The van der Waals surface area contributed by atoms with Crippen LogP contribution in [0.4, 0.5) is 5.69 Å². The molecule has 1 amide bonds. The van der Waals surface area contributed by atoms with Crippen LogP contribution in [0.3, 0.4) is 0 Å². The lowest BCUT2D eigenvalue weighted by atomic mass is 10.0. The molecule has 1 unspecified atom stereocenters. The van der Waals surface area contributed by atoms with Gasteiger partial charge in [0, 0.05) is 18.5 Å². The third kappa shape index (κ3) is 4.10. The number of carbonyl (C=O) groups is 2. The van der Waals surface area contributed by atoms with Crippen molar-refractivity contribution in [2.24, 2.45) is 0 Å². The van der Waals surface area contributed by atoms with Gasteiger partial charge in [-0.3, -0.25) is 9.69 Å². The molecule has 2 rings (SSSR count). The average Bonchev–Trinajstić information content (AvgIpc) is 2.56. The zero-order chi connectivity index (χ0) is 16.8. The Morgan fingerprint density at radius 3 is 2.17 bits per heavy atom. The lowest BCUT2D eigenvalue weighted by molar-refractivity contribution is -0.140. The normalized spacial score (nSPS) is 11.7. The van der Waals surface area contributed by atoms with Gasteiger partial charge < -0.3 is 10.2 Å². The number of carboxylic acids is 1. The van der Waals surface area contributed by atoms with Crippen molar-refractivity contribution in [1.82, 2.24) is 0 Å². The molecule has 0 saturated carbocycles. The summed E-state index contributed by atoms with van der Waals surface area (Å²) in [6.45, 7) is 1.71. The van der Waals surface area contributed by atoms with E-state index in [2.05, 4.69) is 0 Å². The third-order valence-electron chi connectivity index (χ3n) is 3.57. The third-order valence-corrected chi connectivity index (χ3v) is 3.57. The van der Waals surface area contributed by atoms with Crippen LogP contribution in [-0.2, 0) is 16.0 Å². The Hall–Kier alpha value is -2.82. The maximum absolute atomic E-state index is 12.3. The molecule has 0 spiro atoms. The van der Waals surface area contributed by atoms with Crippen LogP contribution in [-0.4, -0.2) is 28.1 Å². The number of para-hydroxylation sites is 1. The molecule has 0 aromatic heterocycles. The molecule has 2 N–H and O–H groups in total. The van der Waals surface area contributed by atoms with Crippen LogP contribution in [0.2, 0.25) is 0 Å². The zero-order valence-corrected chi connectivity index (χ0v) is 12.8. The van der Waals surface area contributed by atoms with E-state index in [-0.39, 0.29) is 24.5 Å². The van der Waals surface area contributed by atoms with Gasteiger partial charge in [-0.15, -0.1) is 0 Å². The Labute approximate surface area is 134 Å². The highest BCUT2D eigenvalue weighted by Crippen LogP contribution is 2.21. The summed E-state index contributed by atoms with van der Waals surface area (Å²) in [4.78, 5) is 25.4. The van der Waals surface area contributed by atoms with E-state index in [1.54, 1.807) is 43.3 Å². The van der Waals surface area contributed by atoms with Gasteiger partial charge in [-0.25, -0.2) is 4.79 Å². The van der Waals surface area contributed by atoms with Crippen molar-refractivity contribution >= 4 is 17.6 Å². The van der Waals surface area contributed by atoms with Gasteiger partial charge >= 0.3 is 5.97 Å². The van der Waals surface area contributed by atoms with Gasteiger partial charge in [0.2, 0.25) is 5.91 Å². The van der Waals surface area contributed by atoms with Crippen molar-refractivity contribution in [3.8, 4) is 5.75 Å². The summed E-state index contributed by atoms with van der Waals surface area (Å²) >= 11 is 0. The van der Waals surface area contributed by atoms with Crippen molar-refractivity contribution in [3.63, 3.8) is 0 Å². The molecule has 0 aliphatic heterocycles. The Kier molecular flexibility index (Phi) is 5.36. The van der Waals surface area contributed by atoms with Gasteiger partial charge in [0.15, 0.2) is 0 Å². The van der Waals surface area contributed by atoms with Gasteiger partial charge in [0.1, 0.15) is 11.8 Å². The van der Waals surface area contributed by atoms with Crippen molar-refractivity contribution in [3.05, 3.63) is 60.2 Å². The standard InChI is InChI=1S/C18H19NO4/c1-2-17(21)19(14-6-4-3-5-7-14)16(18(22)23)12-13-8-10-15(20)11-9-13/h3-11,16,20H,2,12H2,1H3,(H,22,23). The number of anilines is 1. The first-order chi connectivity index (χ1) is 11.0. The highest BCUT2D eigenvalue weighted by molar-refractivity contribution is 5.99. The van der Waals surface area contributed by atoms with E-state index in [1.165, 1.54) is 17.0 Å². The number of phenolic OH excluding ortho intramolecular Hbond substituents is 1. The predicted molar refractivity (Wildman–Crippen MR) is 87.5 cm³/mol. The molecule has 0 bridgehead atoms. The second-order valence-corrected chi connectivity index (χ2v) is 5.18. The number of carbonyl (C=O) groups excluding carboxylic acids is 1. The smallest absolute Gasteiger partial charge is 0.327 e. The molecule has 0 heterocycles. The summed E-state index contributed by atoms with van der Waals surface area (Å²) in [5.74, 6) is -1.20. The number of rotatable bonds is 6. The minimum Gasteiger partial charge on any atom is -0.508 e. The number of hydrogen-bond donors (Lipinski definition) is 2. The number of aliphatic carboxylic acids is 1. The number of carboxylic acid groups (broad SMARTS) is 1. The molecule has 0 aliphatic rings.